The second-order valence-electron chi connectivity index (χ2n) is 1.90. The molecule has 0 bridgehead atoms. The van der Waals surface area contributed by atoms with Crippen molar-refractivity contribution in [2.75, 3.05) is 5.88 Å². The van der Waals surface area contributed by atoms with Crippen molar-refractivity contribution in [1.82, 2.24) is 4.98 Å². The van der Waals surface area contributed by atoms with Crippen LogP contribution in [-0.2, 0) is 0 Å². The first-order chi connectivity index (χ1) is 5.65. The Kier molecular flexibility index (Phi) is 2.78. The number of aromatic nitrogens is 1. The van der Waals surface area contributed by atoms with Gasteiger partial charge in [-0.15, -0.1) is 22.9 Å². The third-order valence-electron chi connectivity index (χ3n) is 1.08. The van der Waals surface area contributed by atoms with E-state index in [0.717, 1.165) is 11.3 Å². The van der Waals surface area contributed by atoms with Gasteiger partial charge >= 0.3 is 5.97 Å². The van der Waals surface area contributed by atoms with E-state index in [4.69, 9.17) is 16.7 Å². The van der Waals surface area contributed by atoms with Gasteiger partial charge in [-0.3, -0.25) is 4.79 Å². The summed E-state index contributed by atoms with van der Waals surface area (Å²) in [4.78, 5) is 24.8. The molecular formula is C6H4ClNO3S. The van der Waals surface area contributed by atoms with E-state index in [9.17, 15) is 9.59 Å². The Morgan fingerprint density at radius 1 is 1.67 bits per heavy atom. The van der Waals surface area contributed by atoms with Gasteiger partial charge in [-0.2, -0.15) is 0 Å². The molecule has 64 valence electrons. The molecule has 0 saturated heterocycles. The molecule has 6 heteroatoms. The first-order valence-corrected chi connectivity index (χ1v) is 4.34. The zero-order valence-corrected chi connectivity index (χ0v) is 7.35. The van der Waals surface area contributed by atoms with Crippen molar-refractivity contribution in [2.45, 2.75) is 0 Å². The molecule has 0 spiro atoms. The molecule has 0 radical (unpaired) electrons. The molecule has 1 aromatic rings. The van der Waals surface area contributed by atoms with Crippen LogP contribution in [0.4, 0.5) is 0 Å². The molecule has 1 N–H and O–H groups in total. The molecule has 0 aliphatic heterocycles. The number of Topliss-reactive ketones (excluding diaryl/α,β-unsaturated/α-hetero) is 1. The van der Waals surface area contributed by atoms with Crippen LogP contribution in [0.1, 0.15) is 20.3 Å². The van der Waals surface area contributed by atoms with Gasteiger partial charge < -0.3 is 5.11 Å². The van der Waals surface area contributed by atoms with E-state index in [1.54, 1.807) is 0 Å². The molecule has 0 unspecified atom stereocenters. The predicted molar refractivity (Wildman–Crippen MR) is 44.1 cm³/mol. The Balaban J connectivity index is 2.91. The lowest BCUT2D eigenvalue weighted by Crippen LogP contribution is -2.02. The molecular weight excluding hydrogens is 202 g/mol. The molecule has 0 atom stereocenters. The number of nitrogens with zero attached hydrogens (tertiary/aromatic N) is 1. The smallest absolute Gasteiger partial charge is 0.355 e. The Morgan fingerprint density at radius 2 is 2.33 bits per heavy atom. The number of rotatable bonds is 3. The topological polar surface area (TPSA) is 67.3 Å². The van der Waals surface area contributed by atoms with E-state index in [0.29, 0.717) is 0 Å². The van der Waals surface area contributed by atoms with E-state index in [2.05, 4.69) is 4.98 Å². The van der Waals surface area contributed by atoms with Crippen molar-refractivity contribution in [2.24, 2.45) is 0 Å². The molecule has 0 aromatic carbocycles. The Bertz CT molecular complexity index is 322. The van der Waals surface area contributed by atoms with Crippen molar-refractivity contribution < 1.29 is 14.7 Å². The highest BCUT2D eigenvalue weighted by atomic mass is 35.5. The van der Waals surface area contributed by atoms with Crippen LogP contribution in [0.2, 0.25) is 0 Å². The number of halogens is 1. The number of carboxylic acids is 1. The monoisotopic (exact) mass is 205 g/mol. The Hall–Kier alpha value is -0.940. The van der Waals surface area contributed by atoms with Gasteiger partial charge in [0, 0.05) is 5.38 Å². The quantitative estimate of drug-likeness (QED) is 0.596. The van der Waals surface area contributed by atoms with Crippen molar-refractivity contribution in [1.29, 1.82) is 0 Å². The number of alkyl halides is 1. The van der Waals surface area contributed by atoms with E-state index >= 15 is 0 Å². The molecule has 4 nitrogen and oxygen atoms in total. The number of carbonyl (C=O) groups excluding carboxylic acids is 1. The van der Waals surface area contributed by atoms with E-state index in [-0.39, 0.29) is 22.4 Å². The highest BCUT2D eigenvalue weighted by molar-refractivity contribution is 7.12. The zero-order valence-electron chi connectivity index (χ0n) is 5.78. The third-order valence-corrected chi connectivity index (χ3v) is 2.21. The molecule has 0 aliphatic rings. The molecule has 1 aromatic heterocycles. The molecule has 0 fully saturated rings. The molecule has 12 heavy (non-hydrogen) atoms. The fourth-order valence-corrected chi connectivity index (χ4v) is 1.49. The first-order valence-electron chi connectivity index (χ1n) is 2.93. The normalized spacial score (nSPS) is 9.75. The average Bonchev–Trinajstić information content (AvgIpc) is 2.51. The lowest BCUT2D eigenvalue weighted by Gasteiger charge is -1.85. The summed E-state index contributed by atoms with van der Waals surface area (Å²) in [7, 11) is 0. The van der Waals surface area contributed by atoms with Crippen LogP contribution >= 0.6 is 22.9 Å². The molecule has 1 rings (SSSR count). The maximum atomic E-state index is 10.9. The SMILES string of the molecule is O=C(O)c1csc(C(=O)CCl)n1. The van der Waals surface area contributed by atoms with Gasteiger partial charge in [0.15, 0.2) is 10.7 Å². The maximum absolute atomic E-state index is 10.9. The van der Waals surface area contributed by atoms with Crippen molar-refractivity contribution in [3.8, 4) is 0 Å². The fourth-order valence-electron chi connectivity index (χ4n) is 0.557. The average molecular weight is 206 g/mol. The summed E-state index contributed by atoms with van der Waals surface area (Å²) in [6.07, 6.45) is 0. The molecule has 1 heterocycles. The fraction of sp³-hybridized carbons (Fsp3) is 0.167. The Labute approximate surface area is 76.8 Å². The maximum Gasteiger partial charge on any atom is 0.355 e. The first kappa shape index (κ1) is 9.15. The lowest BCUT2D eigenvalue weighted by molar-refractivity contribution is 0.0691. The summed E-state index contributed by atoms with van der Waals surface area (Å²) >= 11 is 6.23. The molecule has 0 aliphatic carbocycles. The summed E-state index contributed by atoms with van der Waals surface area (Å²) in [6, 6.07) is 0. The largest absolute Gasteiger partial charge is 0.476 e. The Morgan fingerprint density at radius 3 is 2.75 bits per heavy atom. The van der Waals surface area contributed by atoms with Gasteiger partial charge in [0.1, 0.15) is 0 Å². The van der Waals surface area contributed by atoms with Crippen LogP contribution in [0, 0.1) is 0 Å². The molecule has 0 amide bonds. The summed E-state index contributed by atoms with van der Waals surface area (Å²) in [5.41, 5.74) is -0.117. The number of ketones is 1. The summed E-state index contributed by atoms with van der Waals surface area (Å²) in [5.74, 6) is -1.67. The minimum absolute atomic E-state index is 0.117. The number of hydrogen-bond donors (Lipinski definition) is 1. The summed E-state index contributed by atoms with van der Waals surface area (Å²) in [5, 5.41) is 9.90. The van der Waals surface area contributed by atoms with Crippen molar-refractivity contribution >= 4 is 34.7 Å². The standard InChI is InChI=1S/C6H4ClNO3S/c7-1-4(9)5-8-3(2-12-5)6(10)11/h2H,1H2,(H,10,11). The van der Waals surface area contributed by atoms with Crippen LogP contribution in [0.5, 0.6) is 0 Å². The van der Waals surface area contributed by atoms with Gasteiger partial charge in [0.05, 0.1) is 5.88 Å². The van der Waals surface area contributed by atoms with Gasteiger partial charge in [-0.05, 0) is 0 Å². The lowest BCUT2D eigenvalue weighted by atomic mass is 10.4. The number of carboxylic acid groups (broad SMARTS) is 1. The highest BCUT2D eigenvalue weighted by Crippen LogP contribution is 2.10. The van der Waals surface area contributed by atoms with Crippen molar-refractivity contribution in [3.05, 3.63) is 16.1 Å². The number of hydrogen-bond acceptors (Lipinski definition) is 4. The van der Waals surface area contributed by atoms with Crippen LogP contribution in [0.15, 0.2) is 5.38 Å². The van der Waals surface area contributed by atoms with E-state index in [1.807, 2.05) is 0 Å². The molecule has 0 saturated carbocycles. The summed E-state index contributed by atoms with van der Waals surface area (Å²) < 4.78 is 0. The number of thiazole rings is 1. The van der Waals surface area contributed by atoms with Gasteiger partial charge in [0.2, 0.25) is 5.78 Å². The number of aromatic carboxylic acids is 1. The zero-order chi connectivity index (χ0) is 9.14. The number of carbonyl (C=O) groups is 2. The second kappa shape index (κ2) is 3.64. The highest BCUT2D eigenvalue weighted by Gasteiger charge is 2.13. The van der Waals surface area contributed by atoms with Gasteiger partial charge in [0.25, 0.3) is 0 Å². The van der Waals surface area contributed by atoms with Crippen LogP contribution < -0.4 is 0 Å². The van der Waals surface area contributed by atoms with Crippen LogP contribution in [0.3, 0.4) is 0 Å². The minimum atomic E-state index is -1.14. The summed E-state index contributed by atoms with van der Waals surface area (Å²) in [6.45, 7) is 0. The third kappa shape index (κ3) is 1.80. The minimum Gasteiger partial charge on any atom is -0.476 e. The van der Waals surface area contributed by atoms with E-state index in [1.165, 1.54) is 5.38 Å². The van der Waals surface area contributed by atoms with Gasteiger partial charge in [-0.25, -0.2) is 9.78 Å². The van der Waals surface area contributed by atoms with Crippen LogP contribution in [-0.4, -0.2) is 27.7 Å². The van der Waals surface area contributed by atoms with Crippen LogP contribution in [0.25, 0.3) is 0 Å². The predicted octanol–water partition coefficient (Wildman–Crippen LogP) is 1.26. The van der Waals surface area contributed by atoms with E-state index < -0.39 is 5.97 Å². The van der Waals surface area contributed by atoms with Crippen molar-refractivity contribution in [3.63, 3.8) is 0 Å². The van der Waals surface area contributed by atoms with Gasteiger partial charge in [-0.1, -0.05) is 0 Å². The second-order valence-corrected chi connectivity index (χ2v) is 3.03.